The van der Waals surface area contributed by atoms with Crippen LogP contribution in [0.4, 0.5) is 0 Å². The molecule has 0 heterocycles. The Balaban J connectivity index is 1.98. The summed E-state index contributed by atoms with van der Waals surface area (Å²) in [7, 11) is 0. The molecule has 3 heteroatoms. The van der Waals surface area contributed by atoms with E-state index in [4.69, 9.17) is 23.2 Å². The molecule has 1 aliphatic rings. The molecule has 0 radical (unpaired) electrons. The predicted molar refractivity (Wildman–Crippen MR) is 79.4 cm³/mol. The first-order chi connectivity index (χ1) is 8.56. The van der Waals surface area contributed by atoms with Crippen LogP contribution in [0.25, 0.3) is 0 Å². The van der Waals surface area contributed by atoms with Crippen molar-refractivity contribution in [3.05, 3.63) is 33.8 Å². The topological polar surface area (TPSA) is 12.0 Å². The standard InChI is InChI=1S/C15H21Cl2N/c1-10-3-6-13(7-4-10)18-11(2)14-9-12(16)5-8-15(14)17/h5,8-11,13,18H,3-4,6-7H2,1-2H3. The Morgan fingerprint density at radius 2 is 1.83 bits per heavy atom. The number of halogens is 2. The van der Waals surface area contributed by atoms with Crippen LogP contribution >= 0.6 is 23.2 Å². The first-order valence-corrected chi connectivity index (χ1v) is 7.53. The zero-order chi connectivity index (χ0) is 13.1. The van der Waals surface area contributed by atoms with Crippen LogP contribution in [-0.2, 0) is 0 Å². The smallest absolute Gasteiger partial charge is 0.0454 e. The van der Waals surface area contributed by atoms with Crippen LogP contribution < -0.4 is 5.32 Å². The summed E-state index contributed by atoms with van der Waals surface area (Å²) in [5.41, 5.74) is 1.10. The molecular weight excluding hydrogens is 265 g/mol. The van der Waals surface area contributed by atoms with E-state index in [1.165, 1.54) is 25.7 Å². The lowest BCUT2D eigenvalue weighted by atomic mass is 9.87. The summed E-state index contributed by atoms with van der Waals surface area (Å²) in [6.45, 7) is 4.50. The Kier molecular flexibility index (Phi) is 4.94. The molecule has 1 aromatic carbocycles. The highest BCUT2D eigenvalue weighted by atomic mass is 35.5. The van der Waals surface area contributed by atoms with Gasteiger partial charge in [-0.2, -0.15) is 0 Å². The molecule has 18 heavy (non-hydrogen) atoms. The van der Waals surface area contributed by atoms with Gasteiger partial charge in [-0.05, 0) is 62.3 Å². The molecule has 0 aromatic heterocycles. The number of benzene rings is 1. The van der Waals surface area contributed by atoms with Gasteiger partial charge in [0.25, 0.3) is 0 Å². The molecule has 0 amide bonds. The van der Waals surface area contributed by atoms with Gasteiger partial charge < -0.3 is 5.32 Å². The highest BCUT2D eigenvalue weighted by Crippen LogP contribution is 2.29. The molecule has 1 aromatic rings. The first kappa shape index (κ1) is 14.2. The van der Waals surface area contributed by atoms with Crippen LogP contribution in [0.15, 0.2) is 18.2 Å². The molecule has 1 aliphatic carbocycles. The van der Waals surface area contributed by atoms with Gasteiger partial charge in [-0.15, -0.1) is 0 Å². The summed E-state index contributed by atoms with van der Waals surface area (Å²) in [6, 6.07) is 6.55. The first-order valence-electron chi connectivity index (χ1n) is 6.77. The molecule has 0 saturated heterocycles. The normalized spacial score (nSPS) is 26.0. The lowest BCUT2D eigenvalue weighted by Crippen LogP contribution is -2.34. The minimum Gasteiger partial charge on any atom is -0.307 e. The minimum atomic E-state index is 0.259. The summed E-state index contributed by atoms with van der Waals surface area (Å²) >= 11 is 12.3. The Bertz CT molecular complexity index is 397. The average molecular weight is 286 g/mol. The average Bonchev–Trinajstić information content (AvgIpc) is 2.35. The fraction of sp³-hybridized carbons (Fsp3) is 0.600. The van der Waals surface area contributed by atoms with Crippen molar-refractivity contribution < 1.29 is 0 Å². The van der Waals surface area contributed by atoms with Gasteiger partial charge in [-0.25, -0.2) is 0 Å². The van der Waals surface area contributed by atoms with Gasteiger partial charge in [0.05, 0.1) is 0 Å². The minimum absolute atomic E-state index is 0.259. The van der Waals surface area contributed by atoms with E-state index in [1.54, 1.807) is 0 Å². The van der Waals surface area contributed by atoms with Gasteiger partial charge in [-0.3, -0.25) is 0 Å². The lowest BCUT2D eigenvalue weighted by Gasteiger charge is -2.30. The summed E-state index contributed by atoms with van der Waals surface area (Å²) in [5.74, 6) is 0.883. The Hall–Kier alpha value is -0.240. The van der Waals surface area contributed by atoms with Crippen molar-refractivity contribution >= 4 is 23.2 Å². The van der Waals surface area contributed by atoms with E-state index in [9.17, 15) is 0 Å². The largest absolute Gasteiger partial charge is 0.307 e. The van der Waals surface area contributed by atoms with E-state index in [2.05, 4.69) is 19.2 Å². The van der Waals surface area contributed by atoms with Crippen LogP contribution in [-0.4, -0.2) is 6.04 Å². The molecule has 0 aliphatic heterocycles. The van der Waals surface area contributed by atoms with Crippen molar-refractivity contribution in [2.45, 2.75) is 51.6 Å². The summed E-state index contributed by atoms with van der Waals surface area (Å²) in [5, 5.41) is 5.23. The van der Waals surface area contributed by atoms with Crippen molar-refractivity contribution in [2.24, 2.45) is 5.92 Å². The van der Waals surface area contributed by atoms with Gasteiger partial charge in [0.15, 0.2) is 0 Å². The maximum Gasteiger partial charge on any atom is 0.0454 e. The van der Waals surface area contributed by atoms with E-state index in [-0.39, 0.29) is 6.04 Å². The second-order valence-corrected chi connectivity index (χ2v) is 6.35. The third-order valence-corrected chi connectivity index (χ3v) is 4.51. The fourth-order valence-corrected chi connectivity index (χ4v) is 3.18. The molecule has 1 saturated carbocycles. The third kappa shape index (κ3) is 3.63. The van der Waals surface area contributed by atoms with E-state index in [0.29, 0.717) is 6.04 Å². The van der Waals surface area contributed by atoms with Gasteiger partial charge in [0.2, 0.25) is 0 Å². The molecule has 2 rings (SSSR count). The monoisotopic (exact) mass is 285 g/mol. The van der Waals surface area contributed by atoms with Crippen LogP contribution in [0.1, 0.15) is 51.1 Å². The maximum atomic E-state index is 6.23. The molecule has 1 atom stereocenters. The fourth-order valence-electron chi connectivity index (χ4n) is 2.72. The SMILES string of the molecule is CC1CCC(NC(C)c2cc(Cl)ccc2Cl)CC1. The molecule has 1 fully saturated rings. The third-order valence-electron chi connectivity index (χ3n) is 3.93. The summed E-state index contributed by atoms with van der Waals surface area (Å²) in [4.78, 5) is 0. The Labute approximate surface area is 120 Å². The van der Waals surface area contributed by atoms with Crippen LogP contribution in [0, 0.1) is 5.92 Å². The highest BCUT2D eigenvalue weighted by Gasteiger charge is 2.20. The quantitative estimate of drug-likeness (QED) is 0.803. The van der Waals surface area contributed by atoms with Gasteiger partial charge in [0, 0.05) is 22.1 Å². The molecule has 0 bridgehead atoms. The highest BCUT2D eigenvalue weighted by molar-refractivity contribution is 6.33. The number of rotatable bonds is 3. The molecule has 1 unspecified atom stereocenters. The van der Waals surface area contributed by atoms with Crippen molar-refractivity contribution in [3.8, 4) is 0 Å². The summed E-state index contributed by atoms with van der Waals surface area (Å²) < 4.78 is 0. The zero-order valence-corrected chi connectivity index (χ0v) is 12.6. The van der Waals surface area contributed by atoms with Crippen molar-refractivity contribution in [3.63, 3.8) is 0 Å². The van der Waals surface area contributed by atoms with E-state index < -0.39 is 0 Å². The van der Waals surface area contributed by atoms with Crippen LogP contribution in [0.2, 0.25) is 10.0 Å². The molecule has 1 nitrogen and oxygen atoms in total. The van der Waals surface area contributed by atoms with Gasteiger partial charge in [0.1, 0.15) is 0 Å². The Morgan fingerprint density at radius 3 is 2.50 bits per heavy atom. The van der Waals surface area contributed by atoms with Crippen molar-refractivity contribution in [1.82, 2.24) is 5.32 Å². The second kappa shape index (κ2) is 6.27. The lowest BCUT2D eigenvalue weighted by molar-refractivity contribution is 0.292. The molecule has 100 valence electrons. The summed E-state index contributed by atoms with van der Waals surface area (Å²) in [6.07, 6.45) is 5.19. The van der Waals surface area contributed by atoms with E-state index >= 15 is 0 Å². The number of hydrogen-bond acceptors (Lipinski definition) is 1. The molecular formula is C15H21Cl2N. The van der Waals surface area contributed by atoms with Gasteiger partial charge in [-0.1, -0.05) is 30.1 Å². The van der Waals surface area contributed by atoms with E-state index in [1.807, 2.05) is 18.2 Å². The van der Waals surface area contributed by atoms with Crippen LogP contribution in [0.3, 0.4) is 0 Å². The molecule has 0 spiro atoms. The van der Waals surface area contributed by atoms with Crippen molar-refractivity contribution in [1.29, 1.82) is 0 Å². The number of nitrogens with one attached hydrogen (secondary N) is 1. The van der Waals surface area contributed by atoms with Gasteiger partial charge >= 0.3 is 0 Å². The number of hydrogen-bond donors (Lipinski definition) is 1. The second-order valence-electron chi connectivity index (χ2n) is 5.51. The van der Waals surface area contributed by atoms with Crippen LogP contribution in [0.5, 0.6) is 0 Å². The molecule has 1 N–H and O–H groups in total. The maximum absolute atomic E-state index is 6.23. The van der Waals surface area contributed by atoms with Crippen molar-refractivity contribution in [2.75, 3.05) is 0 Å². The van der Waals surface area contributed by atoms with E-state index in [0.717, 1.165) is 21.5 Å². The Morgan fingerprint density at radius 1 is 1.17 bits per heavy atom. The predicted octanol–water partition coefficient (Wildman–Crippen LogP) is 5.22. The zero-order valence-electron chi connectivity index (χ0n) is 11.0.